The van der Waals surface area contributed by atoms with Crippen LogP contribution in [0.2, 0.25) is 0 Å². The highest BCUT2D eigenvalue weighted by molar-refractivity contribution is 9.10. The number of hydrogen-bond donors (Lipinski definition) is 1. The van der Waals surface area contributed by atoms with Gasteiger partial charge in [-0.2, -0.15) is 0 Å². The summed E-state index contributed by atoms with van der Waals surface area (Å²) in [6.45, 7) is 1.78. The van der Waals surface area contributed by atoms with Crippen molar-refractivity contribution in [1.82, 2.24) is 4.90 Å². The molecular formula is C16H24BrNO2. The van der Waals surface area contributed by atoms with Gasteiger partial charge in [-0.05, 0) is 55.8 Å². The van der Waals surface area contributed by atoms with Crippen molar-refractivity contribution in [1.29, 1.82) is 0 Å². The summed E-state index contributed by atoms with van der Waals surface area (Å²) in [5.74, 6) is 2.38. The Morgan fingerprint density at radius 1 is 1.20 bits per heavy atom. The Hall–Kier alpha value is -0.0900. The number of halogens is 1. The largest absolute Gasteiger partial charge is 0.396 e. The molecule has 0 spiro atoms. The number of amides is 1. The third-order valence-electron chi connectivity index (χ3n) is 6.21. The minimum atomic E-state index is 0.226. The van der Waals surface area contributed by atoms with Crippen molar-refractivity contribution < 1.29 is 9.90 Å². The number of hydrogen-bond acceptors (Lipinski definition) is 2. The summed E-state index contributed by atoms with van der Waals surface area (Å²) in [6, 6.07) is 0. The van der Waals surface area contributed by atoms with Crippen molar-refractivity contribution in [2.45, 2.75) is 49.3 Å². The Morgan fingerprint density at radius 2 is 1.85 bits per heavy atom. The van der Waals surface area contributed by atoms with Gasteiger partial charge < -0.3 is 10.0 Å². The smallest absolute Gasteiger partial charge is 0.223 e. The number of likely N-dealkylation sites (tertiary alicyclic amines) is 1. The first-order chi connectivity index (χ1) is 9.49. The summed E-state index contributed by atoms with van der Waals surface area (Å²) in [4.78, 5) is 14.5. The van der Waals surface area contributed by atoms with E-state index in [-0.39, 0.29) is 12.0 Å². The van der Waals surface area contributed by atoms with Crippen LogP contribution in [0.1, 0.15) is 44.9 Å². The van der Waals surface area contributed by atoms with Gasteiger partial charge in [0, 0.05) is 36.4 Å². The first-order valence-corrected chi connectivity index (χ1v) is 8.86. The molecule has 4 aliphatic carbocycles. The van der Waals surface area contributed by atoms with Gasteiger partial charge in [-0.15, -0.1) is 0 Å². The molecule has 0 radical (unpaired) electrons. The number of carbonyl (C=O) groups excluding carboxylic acids is 1. The lowest BCUT2D eigenvalue weighted by atomic mass is 9.48. The standard InChI is InChI=1S/C16H24BrNO2/c17-16-4-11-1-12(5-16)3-15(2-11,10-16)6-14(20)18-7-13(8-18)9-19/h11-13,19H,1-10H2. The lowest BCUT2D eigenvalue weighted by molar-refractivity contribution is -0.145. The van der Waals surface area contributed by atoms with E-state index in [1.54, 1.807) is 0 Å². The van der Waals surface area contributed by atoms with E-state index in [1.807, 2.05) is 4.90 Å². The summed E-state index contributed by atoms with van der Waals surface area (Å²) >= 11 is 4.01. The second kappa shape index (κ2) is 4.45. The van der Waals surface area contributed by atoms with Crippen LogP contribution >= 0.6 is 15.9 Å². The van der Waals surface area contributed by atoms with Gasteiger partial charge in [0.1, 0.15) is 0 Å². The van der Waals surface area contributed by atoms with Crippen molar-refractivity contribution in [3.63, 3.8) is 0 Å². The zero-order valence-electron chi connectivity index (χ0n) is 12.0. The van der Waals surface area contributed by atoms with Crippen molar-refractivity contribution in [3.8, 4) is 0 Å². The minimum absolute atomic E-state index is 0.226. The molecule has 1 heterocycles. The molecule has 0 aromatic rings. The molecule has 4 heteroatoms. The molecular weight excluding hydrogens is 318 g/mol. The number of rotatable bonds is 3. The normalized spacial score (nSPS) is 46.6. The summed E-state index contributed by atoms with van der Waals surface area (Å²) in [5.41, 5.74) is 0.287. The van der Waals surface area contributed by atoms with Crippen LogP contribution in [0.5, 0.6) is 0 Å². The molecule has 112 valence electrons. The molecule has 2 unspecified atom stereocenters. The molecule has 20 heavy (non-hydrogen) atoms. The van der Waals surface area contributed by atoms with Crippen LogP contribution in [0.3, 0.4) is 0 Å². The predicted octanol–water partition coefficient (Wildman–Crippen LogP) is 2.56. The molecule has 1 N–H and O–H groups in total. The molecule has 1 aliphatic heterocycles. The van der Waals surface area contributed by atoms with Gasteiger partial charge in [0.25, 0.3) is 0 Å². The highest BCUT2D eigenvalue weighted by atomic mass is 79.9. The van der Waals surface area contributed by atoms with Crippen molar-refractivity contribution >= 4 is 21.8 Å². The van der Waals surface area contributed by atoms with Crippen LogP contribution in [-0.2, 0) is 4.79 Å². The molecule has 0 aromatic carbocycles. The molecule has 4 bridgehead atoms. The second-order valence-corrected chi connectivity index (χ2v) is 9.82. The van der Waals surface area contributed by atoms with Crippen LogP contribution in [0.4, 0.5) is 0 Å². The van der Waals surface area contributed by atoms with Crippen molar-refractivity contribution in [3.05, 3.63) is 0 Å². The SMILES string of the molecule is O=C(CC12CC3CC(CC(Br)(C3)C1)C2)N1CC(CO)C1. The van der Waals surface area contributed by atoms with Gasteiger partial charge in [0.2, 0.25) is 5.91 Å². The van der Waals surface area contributed by atoms with Gasteiger partial charge in [-0.3, -0.25) is 4.79 Å². The molecule has 5 rings (SSSR count). The molecule has 5 fully saturated rings. The average Bonchev–Trinajstić information content (AvgIpc) is 2.22. The van der Waals surface area contributed by atoms with E-state index >= 15 is 0 Å². The van der Waals surface area contributed by atoms with Gasteiger partial charge >= 0.3 is 0 Å². The van der Waals surface area contributed by atoms with E-state index < -0.39 is 0 Å². The monoisotopic (exact) mass is 341 g/mol. The lowest BCUT2D eigenvalue weighted by Crippen LogP contribution is -2.56. The van der Waals surface area contributed by atoms with Gasteiger partial charge in [-0.1, -0.05) is 15.9 Å². The van der Waals surface area contributed by atoms with E-state index in [9.17, 15) is 4.79 Å². The van der Waals surface area contributed by atoms with Crippen LogP contribution in [0, 0.1) is 23.2 Å². The Kier molecular flexibility index (Phi) is 3.02. The molecule has 1 saturated heterocycles. The number of aliphatic hydroxyl groups is 1. The van der Waals surface area contributed by atoms with Gasteiger partial charge in [0.15, 0.2) is 0 Å². The fourth-order valence-corrected chi connectivity index (χ4v) is 7.37. The molecule has 3 nitrogen and oxygen atoms in total. The quantitative estimate of drug-likeness (QED) is 0.801. The number of nitrogens with zero attached hydrogens (tertiary/aromatic N) is 1. The fraction of sp³-hybridized carbons (Fsp3) is 0.938. The maximum Gasteiger partial charge on any atom is 0.223 e. The topological polar surface area (TPSA) is 40.5 Å². The molecule has 0 aromatic heterocycles. The van der Waals surface area contributed by atoms with E-state index in [1.165, 1.54) is 38.5 Å². The maximum absolute atomic E-state index is 12.5. The number of alkyl halides is 1. The Morgan fingerprint density at radius 3 is 2.40 bits per heavy atom. The van der Waals surface area contributed by atoms with E-state index in [0.717, 1.165) is 31.3 Å². The predicted molar refractivity (Wildman–Crippen MR) is 80.5 cm³/mol. The number of carbonyl (C=O) groups is 1. The zero-order chi connectivity index (χ0) is 14.0. The summed E-state index contributed by atoms with van der Waals surface area (Å²) in [7, 11) is 0. The Bertz CT molecular complexity index is 418. The van der Waals surface area contributed by atoms with Crippen LogP contribution in [0.25, 0.3) is 0 Å². The van der Waals surface area contributed by atoms with Crippen LogP contribution in [-0.4, -0.2) is 39.9 Å². The molecule has 2 atom stereocenters. The van der Waals surface area contributed by atoms with Crippen LogP contribution < -0.4 is 0 Å². The molecule has 5 aliphatic rings. The van der Waals surface area contributed by atoms with Gasteiger partial charge in [-0.25, -0.2) is 0 Å². The van der Waals surface area contributed by atoms with E-state index in [4.69, 9.17) is 5.11 Å². The average molecular weight is 342 g/mol. The first-order valence-electron chi connectivity index (χ1n) is 8.07. The summed E-state index contributed by atoms with van der Waals surface area (Å²) < 4.78 is 0.347. The van der Waals surface area contributed by atoms with Gasteiger partial charge in [0.05, 0.1) is 0 Å². The zero-order valence-corrected chi connectivity index (χ0v) is 13.6. The van der Waals surface area contributed by atoms with Crippen molar-refractivity contribution in [2.24, 2.45) is 23.2 Å². The summed E-state index contributed by atoms with van der Waals surface area (Å²) in [5, 5.41) is 9.08. The Labute approximate surface area is 129 Å². The minimum Gasteiger partial charge on any atom is -0.396 e. The summed E-state index contributed by atoms with van der Waals surface area (Å²) in [6.07, 6.45) is 8.58. The Balaban J connectivity index is 1.45. The maximum atomic E-state index is 12.5. The van der Waals surface area contributed by atoms with Crippen molar-refractivity contribution in [2.75, 3.05) is 19.7 Å². The van der Waals surface area contributed by atoms with Crippen LogP contribution in [0.15, 0.2) is 0 Å². The third kappa shape index (κ3) is 2.14. The number of aliphatic hydroxyl groups excluding tert-OH is 1. The molecule has 1 amide bonds. The second-order valence-electron chi connectivity index (χ2n) is 8.14. The molecule has 4 saturated carbocycles. The highest BCUT2D eigenvalue weighted by Crippen LogP contribution is 2.65. The first kappa shape index (κ1) is 13.6. The third-order valence-corrected chi connectivity index (χ3v) is 7.13. The lowest BCUT2D eigenvalue weighted by Gasteiger charge is -2.60. The van der Waals surface area contributed by atoms with E-state index in [2.05, 4.69) is 15.9 Å². The van der Waals surface area contributed by atoms with E-state index in [0.29, 0.717) is 16.1 Å². The fourth-order valence-electron chi connectivity index (χ4n) is 5.86. The highest BCUT2D eigenvalue weighted by Gasteiger charge is 2.57.